The number of anilines is 1. The van der Waals surface area contributed by atoms with Crippen molar-refractivity contribution >= 4 is 29.3 Å². The maximum absolute atomic E-state index is 12.0. The average Bonchev–Trinajstić information content (AvgIpc) is 2.38. The minimum absolute atomic E-state index is 0.0665. The first-order valence-electron chi connectivity index (χ1n) is 5.33. The van der Waals surface area contributed by atoms with Gasteiger partial charge in [-0.2, -0.15) is 0 Å². The Labute approximate surface area is 113 Å². The normalized spacial score (nSPS) is 9.95. The lowest BCUT2D eigenvalue weighted by molar-refractivity contribution is 0.0692. The molecule has 1 aromatic carbocycles. The number of carboxylic acids is 1. The molecule has 2 N–H and O–H groups in total. The van der Waals surface area contributed by atoms with E-state index in [0.717, 1.165) is 0 Å². The molecule has 1 amide bonds. The van der Waals surface area contributed by atoms with Crippen molar-refractivity contribution in [2.45, 2.75) is 0 Å². The zero-order valence-corrected chi connectivity index (χ0v) is 10.4. The molecule has 0 saturated carbocycles. The van der Waals surface area contributed by atoms with E-state index in [4.69, 9.17) is 16.7 Å². The topological polar surface area (TPSA) is 79.3 Å². The van der Waals surface area contributed by atoms with Gasteiger partial charge >= 0.3 is 5.97 Å². The second-order valence-electron chi connectivity index (χ2n) is 3.66. The molecule has 0 bridgehead atoms. The molecule has 2 aromatic rings. The van der Waals surface area contributed by atoms with Crippen molar-refractivity contribution in [1.29, 1.82) is 0 Å². The summed E-state index contributed by atoms with van der Waals surface area (Å²) in [7, 11) is 0. The van der Waals surface area contributed by atoms with Gasteiger partial charge in [-0.05, 0) is 24.3 Å². The Morgan fingerprint density at radius 3 is 2.47 bits per heavy atom. The standard InChI is InChI=1S/C13H9ClN2O3/c14-8-5-6-15-11(7-8)16-12(17)9-3-1-2-4-10(9)13(18)19/h1-7H,(H,18,19)(H,15,16,17). The molecule has 0 aliphatic carbocycles. The maximum Gasteiger partial charge on any atom is 0.336 e. The zero-order chi connectivity index (χ0) is 13.8. The monoisotopic (exact) mass is 276 g/mol. The number of nitrogens with zero attached hydrogens (tertiary/aromatic N) is 1. The van der Waals surface area contributed by atoms with Crippen LogP contribution in [0.1, 0.15) is 20.7 Å². The second kappa shape index (κ2) is 5.49. The minimum atomic E-state index is -1.16. The van der Waals surface area contributed by atoms with Crippen LogP contribution in [-0.4, -0.2) is 22.0 Å². The fourth-order valence-corrected chi connectivity index (χ4v) is 1.68. The van der Waals surface area contributed by atoms with Gasteiger partial charge in [0.15, 0.2) is 0 Å². The lowest BCUT2D eigenvalue weighted by atomic mass is 10.1. The van der Waals surface area contributed by atoms with E-state index in [1.165, 1.54) is 24.4 Å². The summed E-state index contributed by atoms with van der Waals surface area (Å²) in [6, 6.07) is 8.99. The average molecular weight is 277 g/mol. The predicted molar refractivity (Wildman–Crippen MR) is 70.6 cm³/mol. The smallest absolute Gasteiger partial charge is 0.336 e. The lowest BCUT2D eigenvalue weighted by Crippen LogP contribution is -2.16. The Kier molecular flexibility index (Phi) is 3.77. The molecular weight excluding hydrogens is 268 g/mol. The summed E-state index contributed by atoms with van der Waals surface area (Å²) < 4.78 is 0. The van der Waals surface area contributed by atoms with E-state index in [0.29, 0.717) is 5.02 Å². The van der Waals surface area contributed by atoms with Gasteiger partial charge in [-0.15, -0.1) is 0 Å². The number of amides is 1. The van der Waals surface area contributed by atoms with Crippen LogP contribution in [0.15, 0.2) is 42.6 Å². The first-order chi connectivity index (χ1) is 9.08. The van der Waals surface area contributed by atoms with Crippen molar-refractivity contribution in [3.8, 4) is 0 Å². The number of benzene rings is 1. The van der Waals surface area contributed by atoms with Crippen LogP contribution >= 0.6 is 11.6 Å². The Bertz CT molecular complexity index is 643. The van der Waals surface area contributed by atoms with E-state index in [1.807, 2.05) is 0 Å². The molecule has 0 aliphatic heterocycles. The largest absolute Gasteiger partial charge is 0.478 e. The fraction of sp³-hybridized carbons (Fsp3) is 0. The molecule has 19 heavy (non-hydrogen) atoms. The molecule has 0 fully saturated rings. The number of halogens is 1. The van der Waals surface area contributed by atoms with Crippen molar-refractivity contribution < 1.29 is 14.7 Å². The summed E-state index contributed by atoms with van der Waals surface area (Å²) in [5, 5.41) is 11.9. The van der Waals surface area contributed by atoms with Gasteiger partial charge in [0, 0.05) is 11.2 Å². The highest BCUT2D eigenvalue weighted by Gasteiger charge is 2.16. The van der Waals surface area contributed by atoms with Crippen LogP contribution in [0.3, 0.4) is 0 Å². The van der Waals surface area contributed by atoms with Crippen LogP contribution in [-0.2, 0) is 0 Å². The van der Waals surface area contributed by atoms with Crippen LogP contribution in [0, 0.1) is 0 Å². The number of pyridine rings is 1. The summed E-state index contributed by atoms with van der Waals surface area (Å²) in [5.74, 6) is -1.45. The van der Waals surface area contributed by atoms with Crippen molar-refractivity contribution in [3.63, 3.8) is 0 Å². The molecule has 1 aromatic heterocycles. The van der Waals surface area contributed by atoms with Crippen LogP contribution in [0.25, 0.3) is 0 Å². The number of aromatic carboxylic acids is 1. The van der Waals surface area contributed by atoms with Crippen LogP contribution in [0.2, 0.25) is 5.02 Å². The first kappa shape index (κ1) is 13.0. The van der Waals surface area contributed by atoms with Crippen LogP contribution < -0.4 is 5.32 Å². The van der Waals surface area contributed by atoms with E-state index in [2.05, 4.69) is 10.3 Å². The molecule has 96 valence electrons. The highest BCUT2D eigenvalue weighted by Crippen LogP contribution is 2.14. The van der Waals surface area contributed by atoms with E-state index < -0.39 is 11.9 Å². The summed E-state index contributed by atoms with van der Waals surface area (Å²) in [6.45, 7) is 0. The van der Waals surface area contributed by atoms with Gasteiger partial charge in [0.25, 0.3) is 5.91 Å². The van der Waals surface area contributed by atoms with Gasteiger partial charge in [-0.25, -0.2) is 9.78 Å². The number of carboxylic acid groups (broad SMARTS) is 1. The molecule has 2 rings (SSSR count). The Morgan fingerprint density at radius 2 is 1.84 bits per heavy atom. The minimum Gasteiger partial charge on any atom is -0.478 e. The Hall–Kier alpha value is -2.40. The molecular formula is C13H9ClN2O3. The van der Waals surface area contributed by atoms with Crippen molar-refractivity contribution in [2.75, 3.05) is 5.32 Å². The third kappa shape index (κ3) is 3.08. The van der Waals surface area contributed by atoms with Crippen LogP contribution in [0.5, 0.6) is 0 Å². The van der Waals surface area contributed by atoms with Gasteiger partial charge in [-0.1, -0.05) is 23.7 Å². The number of nitrogens with one attached hydrogen (secondary N) is 1. The Morgan fingerprint density at radius 1 is 1.16 bits per heavy atom. The third-order valence-electron chi connectivity index (χ3n) is 2.37. The van der Waals surface area contributed by atoms with E-state index in [1.54, 1.807) is 18.2 Å². The van der Waals surface area contributed by atoms with Gasteiger partial charge in [0.2, 0.25) is 0 Å². The molecule has 0 saturated heterocycles. The molecule has 0 radical (unpaired) electrons. The van der Waals surface area contributed by atoms with Gasteiger partial charge in [-0.3, -0.25) is 4.79 Å². The van der Waals surface area contributed by atoms with E-state index >= 15 is 0 Å². The number of carbonyl (C=O) groups is 2. The zero-order valence-electron chi connectivity index (χ0n) is 9.63. The maximum atomic E-state index is 12.0. The molecule has 0 atom stereocenters. The molecule has 5 nitrogen and oxygen atoms in total. The number of rotatable bonds is 3. The summed E-state index contributed by atoms with van der Waals surface area (Å²) in [4.78, 5) is 26.9. The third-order valence-corrected chi connectivity index (χ3v) is 2.60. The molecule has 6 heteroatoms. The molecule has 0 unspecified atom stereocenters. The number of hydrogen-bond acceptors (Lipinski definition) is 3. The molecule has 0 spiro atoms. The predicted octanol–water partition coefficient (Wildman–Crippen LogP) is 2.69. The number of hydrogen-bond donors (Lipinski definition) is 2. The van der Waals surface area contributed by atoms with Crippen molar-refractivity contribution in [1.82, 2.24) is 4.98 Å². The molecule has 0 aliphatic rings. The lowest BCUT2D eigenvalue weighted by Gasteiger charge is -2.07. The van der Waals surface area contributed by atoms with E-state index in [-0.39, 0.29) is 16.9 Å². The van der Waals surface area contributed by atoms with Crippen molar-refractivity contribution in [3.05, 3.63) is 58.7 Å². The quantitative estimate of drug-likeness (QED) is 0.903. The SMILES string of the molecule is O=C(O)c1ccccc1C(=O)Nc1cc(Cl)ccn1. The highest BCUT2D eigenvalue weighted by atomic mass is 35.5. The number of carbonyl (C=O) groups excluding carboxylic acids is 1. The first-order valence-corrected chi connectivity index (χ1v) is 5.71. The van der Waals surface area contributed by atoms with Crippen LogP contribution in [0.4, 0.5) is 5.82 Å². The van der Waals surface area contributed by atoms with Gasteiger partial charge < -0.3 is 10.4 Å². The fourth-order valence-electron chi connectivity index (χ4n) is 1.52. The Balaban J connectivity index is 2.28. The van der Waals surface area contributed by atoms with Gasteiger partial charge in [0.05, 0.1) is 11.1 Å². The van der Waals surface area contributed by atoms with Gasteiger partial charge in [0.1, 0.15) is 5.82 Å². The second-order valence-corrected chi connectivity index (χ2v) is 4.10. The summed E-state index contributed by atoms with van der Waals surface area (Å²) >= 11 is 5.77. The number of aromatic nitrogens is 1. The summed E-state index contributed by atoms with van der Waals surface area (Å²) in [5.41, 5.74) is -0.00111. The molecule has 1 heterocycles. The summed E-state index contributed by atoms with van der Waals surface area (Å²) in [6.07, 6.45) is 1.45. The van der Waals surface area contributed by atoms with E-state index in [9.17, 15) is 9.59 Å². The highest BCUT2D eigenvalue weighted by molar-refractivity contribution is 6.30. The van der Waals surface area contributed by atoms with Crippen molar-refractivity contribution in [2.24, 2.45) is 0 Å².